The van der Waals surface area contributed by atoms with Crippen molar-refractivity contribution in [1.82, 2.24) is 30.1 Å². The summed E-state index contributed by atoms with van der Waals surface area (Å²) in [7, 11) is 0. The SMILES string of the molecule is N#Cc1cnc(Nc2cc(-c3c(OCC(F)(F)CN)cnc4cccnc34)[nH]n2)cn1. The van der Waals surface area contributed by atoms with Crippen molar-refractivity contribution in [2.24, 2.45) is 5.73 Å². The van der Waals surface area contributed by atoms with Crippen molar-refractivity contribution in [3.05, 3.63) is 48.7 Å². The molecule has 0 bridgehead atoms. The fraction of sp³-hybridized carbons (Fsp3) is 0.158. The molecule has 4 aromatic heterocycles. The summed E-state index contributed by atoms with van der Waals surface area (Å²) in [4.78, 5) is 16.5. The Morgan fingerprint density at radius 2 is 2.03 bits per heavy atom. The number of nitriles is 1. The summed E-state index contributed by atoms with van der Waals surface area (Å²) in [5.41, 5.74) is 7.16. The number of anilines is 2. The third kappa shape index (κ3) is 4.36. The van der Waals surface area contributed by atoms with Gasteiger partial charge in [0, 0.05) is 12.3 Å². The van der Waals surface area contributed by atoms with Crippen LogP contribution < -0.4 is 15.8 Å². The highest BCUT2D eigenvalue weighted by molar-refractivity contribution is 5.93. The van der Waals surface area contributed by atoms with E-state index in [4.69, 9.17) is 15.7 Å². The molecule has 0 radical (unpaired) electrons. The number of aromatic amines is 1. The Hall–Kier alpha value is -4.24. The maximum Gasteiger partial charge on any atom is 0.293 e. The van der Waals surface area contributed by atoms with Gasteiger partial charge in [-0.3, -0.25) is 15.1 Å². The standard InChI is InChI=1S/C19H15F2N9O/c20-19(21,9-23)10-31-14-7-26-12-2-1-3-24-18(12)17(14)13-4-15(30-29-13)28-16-8-25-11(5-22)6-27-16/h1-4,6-8H,9-10,23H2,(H2,27,28,29,30). The van der Waals surface area contributed by atoms with Crippen LogP contribution in [-0.2, 0) is 0 Å². The molecule has 0 saturated heterocycles. The average Bonchev–Trinajstić information content (AvgIpc) is 3.25. The van der Waals surface area contributed by atoms with Crippen LogP contribution in [0.3, 0.4) is 0 Å². The van der Waals surface area contributed by atoms with Crippen molar-refractivity contribution in [2.75, 3.05) is 18.5 Å². The van der Waals surface area contributed by atoms with Crippen molar-refractivity contribution in [3.8, 4) is 23.1 Å². The summed E-state index contributed by atoms with van der Waals surface area (Å²) in [6.45, 7) is -1.75. The van der Waals surface area contributed by atoms with Crippen molar-refractivity contribution in [3.63, 3.8) is 0 Å². The number of nitrogens with zero attached hydrogens (tertiary/aromatic N) is 6. The molecule has 0 aliphatic rings. The van der Waals surface area contributed by atoms with Gasteiger partial charge in [0.05, 0.1) is 41.9 Å². The van der Waals surface area contributed by atoms with Crippen molar-refractivity contribution < 1.29 is 13.5 Å². The smallest absolute Gasteiger partial charge is 0.293 e. The summed E-state index contributed by atoms with van der Waals surface area (Å²) in [6, 6.07) is 6.97. The predicted molar refractivity (Wildman–Crippen MR) is 107 cm³/mol. The average molecular weight is 423 g/mol. The van der Waals surface area contributed by atoms with Crippen LogP contribution in [-0.4, -0.2) is 49.2 Å². The molecule has 0 amide bonds. The van der Waals surface area contributed by atoms with Gasteiger partial charge in [-0.25, -0.2) is 18.7 Å². The largest absolute Gasteiger partial charge is 0.485 e. The van der Waals surface area contributed by atoms with E-state index in [2.05, 4.69) is 35.5 Å². The van der Waals surface area contributed by atoms with E-state index in [9.17, 15) is 8.78 Å². The minimum absolute atomic E-state index is 0.104. The topological polar surface area (TPSA) is 151 Å². The molecule has 0 atom stereocenters. The van der Waals surface area contributed by atoms with E-state index >= 15 is 0 Å². The zero-order valence-electron chi connectivity index (χ0n) is 15.9. The number of hydrogen-bond acceptors (Lipinski definition) is 9. The zero-order chi connectivity index (χ0) is 21.8. The predicted octanol–water partition coefficient (Wildman–Crippen LogP) is 2.40. The number of aromatic nitrogens is 6. The minimum Gasteiger partial charge on any atom is -0.485 e. The number of alkyl halides is 2. The van der Waals surface area contributed by atoms with Crippen LogP contribution in [0.4, 0.5) is 20.4 Å². The van der Waals surface area contributed by atoms with Gasteiger partial charge in [0.25, 0.3) is 5.92 Å². The molecule has 4 heterocycles. The molecule has 4 N–H and O–H groups in total. The summed E-state index contributed by atoms with van der Waals surface area (Å²) in [5, 5.41) is 18.7. The second-order valence-electron chi connectivity index (χ2n) is 6.41. The van der Waals surface area contributed by atoms with E-state index in [0.29, 0.717) is 33.9 Å². The number of rotatable bonds is 7. The third-order valence-electron chi connectivity index (χ3n) is 4.20. The number of fused-ring (bicyclic) bond motifs is 1. The highest BCUT2D eigenvalue weighted by atomic mass is 19.3. The Balaban J connectivity index is 1.69. The lowest BCUT2D eigenvalue weighted by Crippen LogP contribution is -2.34. The molecule has 0 aromatic carbocycles. The second-order valence-corrected chi connectivity index (χ2v) is 6.41. The normalized spacial score (nSPS) is 11.3. The molecule has 0 aliphatic heterocycles. The molecule has 0 unspecified atom stereocenters. The lowest BCUT2D eigenvalue weighted by molar-refractivity contribution is -0.0318. The Morgan fingerprint density at radius 1 is 1.16 bits per heavy atom. The quantitative estimate of drug-likeness (QED) is 0.407. The number of nitrogens with one attached hydrogen (secondary N) is 2. The van der Waals surface area contributed by atoms with E-state index in [1.54, 1.807) is 24.4 Å². The van der Waals surface area contributed by atoms with Crippen LogP contribution in [0.5, 0.6) is 5.75 Å². The van der Waals surface area contributed by atoms with Crippen LogP contribution in [0.15, 0.2) is 43.0 Å². The Kier molecular flexibility index (Phi) is 5.33. The van der Waals surface area contributed by atoms with Gasteiger partial charge in [0.15, 0.2) is 18.1 Å². The number of pyridine rings is 2. The maximum atomic E-state index is 13.6. The van der Waals surface area contributed by atoms with Gasteiger partial charge in [-0.05, 0) is 12.1 Å². The van der Waals surface area contributed by atoms with Crippen molar-refractivity contribution in [1.29, 1.82) is 5.26 Å². The molecule has 0 aliphatic carbocycles. The molecule has 12 heteroatoms. The number of hydrogen-bond donors (Lipinski definition) is 3. The Labute approximate surface area is 174 Å². The molecular formula is C19H15F2N9O. The highest BCUT2D eigenvalue weighted by Gasteiger charge is 2.29. The number of halogens is 2. The molecule has 156 valence electrons. The van der Waals surface area contributed by atoms with E-state index < -0.39 is 19.1 Å². The van der Waals surface area contributed by atoms with Gasteiger partial charge in [0.1, 0.15) is 23.2 Å². The molecule has 4 rings (SSSR count). The molecule has 0 spiro atoms. The van der Waals surface area contributed by atoms with Crippen LogP contribution in [0, 0.1) is 11.3 Å². The van der Waals surface area contributed by atoms with Crippen LogP contribution in [0.25, 0.3) is 22.3 Å². The zero-order valence-corrected chi connectivity index (χ0v) is 15.9. The third-order valence-corrected chi connectivity index (χ3v) is 4.20. The first-order valence-corrected chi connectivity index (χ1v) is 8.98. The lowest BCUT2D eigenvalue weighted by Gasteiger charge is -2.17. The molecule has 10 nitrogen and oxygen atoms in total. The van der Waals surface area contributed by atoms with Gasteiger partial charge >= 0.3 is 0 Å². The molecular weight excluding hydrogens is 408 g/mol. The van der Waals surface area contributed by atoms with E-state index in [0.717, 1.165) is 0 Å². The van der Waals surface area contributed by atoms with E-state index in [1.165, 1.54) is 18.6 Å². The first kappa shape index (κ1) is 20.0. The summed E-state index contributed by atoms with van der Waals surface area (Å²) >= 11 is 0. The van der Waals surface area contributed by atoms with Gasteiger partial charge < -0.3 is 15.8 Å². The van der Waals surface area contributed by atoms with Crippen LogP contribution in [0.1, 0.15) is 5.69 Å². The minimum atomic E-state index is -3.19. The molecule has 4 aromatic rings. The van der Waals surface area contributed by atoms with Crippen LogP contribution >= 0.6 is 0 Å². The maximum absolute atomic E-state index is 13.6. The molecule has 31 heavy (non-hydrogen) atoms. The summed E-state index contributed by atoms with van der Waals surface area (Å²) in [5.74, 6) is -2.33. The number of ether oxygens (including phenoxy) is 1. The molecule has 0 saturated carbocycles. The van der Waals surface area contributed by atoms with Crippen molar-refractivity contribution >= 4 is 22.7 Å². The fourth-order valence-corrected chi connectivity index (χ4v) is 2.71. The van der Waals surface area contributed by atoms with E-state index in [1.807, 2.05) is 6.07 Å². The lowest BCUT2D eigenvalue weighted by atomic mass is 10.1. The number of H-pyrrole nitrogens is 1. The van der Waals surface area contributed by atoms with Gasteiger partial charge in [-0.15, -0.1) is 0 Å². The summed E-state index contributed by atoms with van der Waals surface area (Å²) < 4.78 is 32.6. The van der Waals surface area contributed by atoms with Gasteiger partial charge in [-0.2, -0.15) is 10.4 Å². The Bertz CT molecular complexity index is 1250. The monoisotopic (exact) mass is 423 g/mol. The summed E-state index contributed by atoms with van der Waals surface area (Å²) in [6.07, 6.45) is 5.62. The second kappa shape index (κ2) is 8.25. The fourth-order valence-electron chi connectivity index (χ4n) is 2.71. The van der Waals surface area contributed by atoms with Gasteiger partial charge in [-0.1, -0.05) is 0 Å². The highest BCUT2D eigenvalue weighted by Crippen LogP contribution is 2.35. The number of nitrogens with two attached hydrogens (primary N) is 1. The van der Waals surface area contributed by atoms with E-state index in [-0.39, 0.29) is 11.4 Å². The first-order valence-electron chi connectivity index (χ1n) is 8.98. The molecule has 0 fully saturated rings. The Morgan fingerprint density at radius 3 is 2.77 bits per heavy atom. The van der Waals surface area contributed by atoms with Crippen LogP contribution in [0.2, 0.25) is 0 Å². The van der Waals surface area contributed by atoms with Gasteiger partial charge in [0.2, 0.25) is 0 Å². The van der Waals surface area contributed by atoms with Crippen molar-refractivity contribution in [2.45, 2.75) is 5.92 Å². The first-order chi connectivity index (χ1) is 15.0.